The quantitative estimate of drug-likeness (QED) is 0.442. The van der Waals surface area contributed by atoms with E-state index >= 15 is 0 Å². The Labute approximate surface area is 186 Å². The first-order valence-corrected chi connectivity index (χ1v) is 10.3. The number of aryl methyl sites for hydroxylation is 1. The Morgan fingerprint density at radius 1 is 1.27 bits per heavy atom. The Balaban J connectivity index is 1.86. The van der Waals surface area contributed by atoms with E-state index in [1.165, 1.54) is 12.1 Å². The average molecular weight is 455 g/mol. The lowest BCUT2D eigenvalue weighted by Gasteiger charge is -2.16. The Bertz CT molecular complexity index is 1350. The van der Waals surface area contributed by atoms with E-state index in [1.54, 1.807) is 19.1 Å². The average Bonchev–Trinajstić information content (AvgIpc) is 3.50. The van der Waals surface area contributed by atoms with Gasteiger partial charge in [-0.2, -0.15) is 4.98 Å². The zero-order valence-electron chi connectivity index (χ0n) is 17.6. The van der Waals surface area contributed by atoms with Crippen molar-refractivity contribution in [2.45, 2.75) is 32.7 Å². The molecule has 1 aliphatic rings. The maximum atomic E-state index is 13.2. The summed E-state index contributed by atoms with van der Waals surface area (Å²) in [6.07, 6.45) is 2.57. The number of aliphatic carboxylic acids is 1. The van der Waals surface area contributed by atoms with Crippen molar-refractivity contribution >= 4 is 11.9 Å². The van der Waals surface area contributed by atoms with Gasteiger partial charge in [0.25, 0.3) is 11.5 Å². The molecule has 172 valence electrons. The van der Waals surface area contributed by atoms with Crippen LogP contribution in [-0.2, 0) is 11.3 Å². The lowest BCUT2D eigenvalue weighted by Crippen LogP contribution is -2.44. The Morgan fingerprint density at radius 2 is 2.03 bits per heavy atom. The second-order valence-electron chi connectivity index (χ2n) is 7.77. The number of rotatable bonds is 8. The van der Waals surface area contributed by atoms with Gasteiger partial charge in [0.05, 0.1) is 5.69 Å². The number of hydrogen-bond donors (Lipinski definition) is 3. The number of nitrogens with zero attached hydrogens (tertiary/aromatic N) is 4. The molecule has 33 heavy (non-hydrogen) atoms. The number of hydrogen-bond acceptors (Lipinski definition) is 8. The smallest absolute Gasteiger partial charge is 0.338 e. The van der Waals surface area contributed by atoms with Crippen molar-refractivity contribution in [3.8, 4) is 23.0 Å². The fraction of sp³-hybridized carbons (Fsp3) is 0.333. The lowest BCUT2D eigenvalue weighted by atomic mass is 10.2. The molecule has 1 fully saturated rings. The number of amides is 1. The molecule has 12 nitrogen and oxygen atoms in total. The molecular formula is C21H21N5O7. The summed E-state index contributed by atoms with van der Waals surface area (Å²) in [5.41, 5.74) is -1.89. The van der Waals surface area contributed by atoms with E-state index in [0.717, 1.165) is 22.0 Å². The van der Waals surface area contributed by atoms with Gasteiger partial charge in [-0.1, -0.05) is 30.1 Å². The van der Waals surface area contributed by atoms with Crippen LogP contribution >= 0.6 is 0 Å². The van der Waals surface area contributed by atoms with Crippen LogP contribution in [0.3, 0.4) is 0 Å². The zero-order valence-corrected chi connectivity index (χ0v) is 17.6. The Hall–Kier alpha value is -4.22. The molecule has 1 aliphatic carbocycles. The number of aromatic hydroxyl groups is 1. The van der Waals surface area contributed by atoms with Crippen molar-refractivity contribution in [2.75, 3.05) is 6.54 Å². The molecule has 2 aromatic heterocycles. The number of aromatic nitrogens is 4. The first-order chi connectivity index (χ1) is 15.8. The minimum Gasteiger partial charge on any atom is -0.493 e. The number of nitrogens with one attached hydrogen (secondary N) is 1. The molecule has 3 N–H and O–H groups in total. The van der Waals surface area contributed by atoms with Crippen LogP contribution in [0.5, 0.6) is 5.88 Å². The van der Waals surface area contributed by atoms with Crippen LogP contribution in [0, 0.1) is 12.8 Å². The van der Waals surface area contributed by atoms with E-state index in [0.29, 0.717) is 23.8 Å². The van der Waals surface area contributed by atoms with Gasteiger partial charge < -0.3 is 20.1 Å². The molecule has 0 radical (unpaired) electrons. The molecule has 0 saturated heterocycles. The molecule has 0 unspecified atom stereocenters. The third-order valence-electron chi connectivity index (χ3n) is 5.29. The van der Waals surface area contributed by atoms with Gasteiger partial charge in [-0.05, 0) is 24.5 Å². The van der Waals surface area contributed by atoms with Crippen molar-refractivity contribution in [3.63, 3.8) is 0 Å². The van der Waals surface area contributed by atoms with Crippen molar-refractivity contribution in [1.82, 2.24) is 24.6 Å². The molecule has 0 spiro atoms. The monoisotopic (exact) mass is 455 g/mol. The second-order valence-corrected chi connectivity index (χ2v) is 7.77. The molecule has 0 bridgehead atoms. The summed E-state index contributed by atoms with van der Waals surface area (Å²) in [4.78, 5) is 53.7. The van der Waals surface area contributed by atoms with E-state index in [2.05, 4.69) is 15.5 Å². The van der Waals surface area contributed by atoms with Crippen LogP contribution in [0.25, 0.3) is 17.1 Å². The first kappa shape index (κ1) is 22.0. The molecule has 1 saturated carbocycles. The Morgan fingerprint density at radius 3 is 2.67 bits per heavy atom. The molecule has 12 heteroatoms. The highest BCUT2D eigenvalue weighted by Crippen LogP contribution is 2.32. The van der Waals surface area contributed by atoms with E-state index in [-0.39, 0.29) is 18.1 Å². The van der Waals surface area contributed by atoms with E-state index in [9.17, 15) is 24.3 Å². The highest BCUT2D eigenvalue weighted by atomic mass is 16.5. The number of benzene rings is 1. The van der Waals surface area contributed by atoms with E-state index in [1.807, 2.05) is 0 Å². The fourth-order valence-electron chi connectivity index (χ4n) is 3.43. The van der Waals surface area contributed by atoms with Gasteiger partial charge >= 0.3 is 11.7 Å². The Kier molecular flexibility index (Phi) is 5.82. The van der Waals surface area contributed by atoms with Crippen molar-refractivity contribution in [2.24, 2.45) is 5.92 Å². The summed E-state index contributed by atoms with van der Waals surface area (Å²) < 4.78 is 6.70. The molecule has 3 aromatic rings. The minimum atomic E-state index is -1.33. The summed E-state index contributed by atoms with van der Waals surface area (Å²) in [7, 11) is 0. The van der Waals surface area contributed by atoms with Gasteiger partial charge in [-0.15, -0.1) is 0 Å². The molecule has 2 heterocycles. The van der Waals surface area contributed by atoms with Crippen molar-refractivity contribution in [3.05, 3.63) is 56.6 Å². The first-order valence-electron chi connectivity index (χ1n) is 10.3. The molecule has 1 amide bonds. The summed E-state index contributed by atoms with van der Waals surface area (Å²) in [6.45, 7) is 0.922. The standard InChI is InChI=1S/C21H21N5O7/c1-11-23-17(24-33-11)13-3-2-4-14(9-13)26-20(31)16(18(29)22-10-15(27)28)19(30)25(21(26)32)8-7-12-5-6-12/h2-4,9,12,31H,5-8,10H2,1H3,(H,22,29)(H,27,28). The summed E-state index contributed by atoms with van der Waals surface area (Å²) in [5.74, 6) is -2.33. The third-order valence-corrected chi connectivity index (χ3v) is 5.29. The third kappa shape index (κ3) is 4.54. The van der Waals surface area contributed by atoms with Gasteiger partial charge in [0.15, 0.2) is 5.56 Å². The molecule has 0 atom stereocenters. The second kappa shape index (κ2) is 8.73. The van der Waals surface area contributed by atoms with Crippen LogP contribution < -0.4 is 16.6 Å². The van der Waals surface area contributed by atoms with Crippen LogP contribution in [-0.4, -0.2) is 47.9 Å². The van der Waals surface area contributed by atoms with Gasteiger partial charge in [0.1, 0.15) is 6.54 Å². The normalized spacial score (nSPS) is 13.1. The SMILES string of the molecule is Cc1nc(-c2cccc(-n3c(O)c(C(=O)NCC(=O)O)c(=O)n(CCC4CC4)c3=O)c2)no1. The highest BCUT2D eigenvalue weighted by Gasteiger charge is 2.27. The number of carbonyl (C=O) groups excluding carboxylic acids is 1. The van der Waals surface area contributed by atoms with Crippen molar-refractivity contribution < 1.29 is 24.3 Å². The van der Waals surface area contributed by atoms with E-state index in [4.69, 9.17) is 9.63 Å². The van der Waals surface area contributed by atoms with Crippen LogP contribution in [0.2, 0.25) is 0 Å². The van der Waals surface area contributed by atoms with Crippen LogP contribution in [0.1, 0.15) is 35.5 Å². The molecule has 1 aromatic carbocycles. The summed E-state index contributed by atoms with van der Waals surface area (Å²) in [6, 6.07) is 6.26. The van der Waals surface area contributed by atoms with Crippen LogP contribution in [0.15, 0.2) is 38.4 Å². The fourth-order valence-corrected chi connectivity index (χ4v) is 3.43. The van der Waals surface area contributed by atoms with Crippen LogP contribution in [0.4, 0.5) is 0 Å². The predicted octanol–water partition coefficient (Wildman–Crippen LogP) is 0.678. The zero-order chi connectivity index (χ0) is 23.7. The molecular weight excluding hydrogens is 434 g/mol. The largest absolute Gasteiger partial charge is 0.493 e. The van der Waals surface area contributed by atoms with Gasteiger partial charge in [0, 0.05) is 19.0 Å². The predicted molar refractivity (Wildman–Crippen MR) is 113 cm³/mol. The summed E-state index contributed by atoms with van der Waals surface area (Å²) >= 11 is 0. The number of carboxylic acids is 1. The number of carboxylic acid groups (broad SMARTS) is 1. The van der Waals surface area contributed by atoms with Gasteiger partial charge in [0.2, 0.25) is 17.6 Å². The topological polar surface area (TPSA) is 170 Å². The molecule has 0 aliphatic heterocycles. The minimum absolute atomic E-state index is 0.0611. The van der Waals surface area contributed by atoms with Crippen molar-refractivity contribution in [1.29, 1.82) is 0 Å². The van der Waals surface area contributed by atoms with Gasteiger partial charge in [-0.3, -0.25) is 19.0 Å². The van der Waals surface area contributed by atoms with E-state index < -0.39 is 41.1 Å². The summed E-state index contributed by atoms with van der Waals surface area (Å²) in [5, 5.41) is 25.5. The maximum absolute atomic E-state index is 13.2. The highest BCUT2D eigenvalue weighted by molar-refractivity contribution is 5.97. The van der Waals surface area contributed by atoms with Gasteiger partial charge in [-0.25, -0.2) is 9.36 Å². The maximum Gasteiger partial charge on any atom is 0.338 e. The molecule has 4 rings (SSSR count). The number of carbonyl (C=O) groups is 2. The lowest BCUT2D eigenvalue weighted by molar-refractivity contribution is -0.135.